The number of nitrogens with zero attached hydrogens (tertiary/aromatic N) is 1. The van der Waals surface area contributed by atoms with E-state index in [1.807, 2.05) is 13.8 Å². The number of hydrogen-bond donors (Lipinski definition) is 1. The number of hydrogen-bond acceptors (Lipinski definition) is 5. The largest absolute Gasteiger partial charge is 0.494 e. The quantitative estimate of drug-likeness (QED) is 0.574. The van der Waals surface area contributed by atoms with Gasteiger partial charge in [-0.15, -0.1) is 0 Å². The first-order valence-electron chi connectivity index (χ1n) is 9.01. The van der Waals surface area contributed by atoms with Gasteiger partial charge in [0.2, 0.25) is 0 Å². The van der Waals surface area contributed by atoms with Crippen molar-refractivity contribution < 1.29 is 23.9 Å². The minimum atomic E-state index is -0.822. The molecular formula is C21H19ClN2O5. The standard InChI is InChI=1S/C21H19ClN2O5/c1-3-28-16-8-6-15(7-9-16)24-20(26)17(19(25)23-21(24)27)12-13-11-14(22)5-10-18(13)29-4-2/h5-12H,3-4H2,1-2H3,(H,23,25,27)/b17-12+. The Balaban J connectivity index is 1.99. The van der Waals surface area contributed by atoms with Gasteiger partial charge < -0.3 is 9.47 Å². The molecule has 0 bridgehead atoms. The van der Waals surface area contributed by atoms with Gasteiger partial charge in [-0.25, -0.2) is 9.69 Å². The molecule has 0 aliphatic carbocycles. The number of amides is 4. The lowest BCUT2D eigenvalue weighted by Gasteiger charge is -2.26. The molecule has 0 aromatic heterocycles. The van der Waals surface area contributed by atoms with Crippen LogP contribution < -0.4 is 19.7 Å². The molecule has 1 aliphatic rings. The van der Waals surface area contributed by atoms with Crippen LogP contribution in [0.2, 0.25) is 5.02 Å². The summed E-state index contributed by atoms with van der Waals surface area (Å²) >= 11 is 6.05. The minimum absolute atomic E-state index is 0.207. The normalized spacial score (nSPS) is 15.5. The Morgan fingerprint density at radius 1 is 1.00 bits per heavy atom. The van der Waals surface area contributed by atoms with Crippen LogP contribution in [0.4, 0.5) is 10.5 Å². The van der Waals surface area contributed by atoms with Gasteiger partial charge in [-0.2, -0.15) is 0 Å². The highest BCUT2D eigenvalue weighted by Gasteiger charge is 2.37. The van der Waals surface area contributed by atoms with Crippen LogP contribution in [0.5, 0.6) is 11.5 Å². The van der Waals surface area contributed by atoms with E-state index in [4.69, 9.17) is 21.1 Å². The molecule has 1 heterocycles. The van der Waals surface area contributed by atoms with Crippen molar-refractivity contribution in [1.29, 1.82) is 0 Å². The molecule has 0 spiro atoms. The summed E-state index contributed by atoms with van der Waals surface area (Å²) < 4.78 is 10.9. The number of halogens is 1. The molecule has 150 valence electrons. The molecule has 8 heteroatoms. The molecule has 1 aliphatic heterocycles. The Hall–Kier alpha value is -3.32. The number of urea groups is 1. The van der Waals surface area contributed by atoms with Gasteiger partial charge in [-0.1, -0.05) is 11.6 Å². The molecule has 1 saturated heterocycles. The number of nitrogens with one attached hydrogen (secondary N) is 1. The zero-order valence-corrected chi connectivity index (χ0v) is 16.7. The smallest absolute Gasteiger partial charge is 0.335 e. The molecule has 3 rings (SSSR count). The third-order valence-corrected chi connectivity index (χ3v) is 4.31. The Bertz CT molecular complexity index is 985. The number of imide groups is 2. The summed E-state index contributed by atoms with van der Waals surface area (Å²) in [5.41, 5.74) is 0.561. The van der Waals surface area contributed by atoms with Crippen LogP contribution in [0.25, 0.3) is 6.08 Å². The van der Waals surface area contributed by atoms with Gasteiger partial charge in [0.05, 0.1) is 18.9 Å². The number of carbonyl (C=O) groups is 3. The lowest BCUT2D eigenvalue weighted by molar-refractivity contribution is -0.122. The topological polar surface area (TPSA) is 84.9 Å². The van der Waals surface area contributed by atoms with E-state index in [0.717, 1.165) is 4.90 Å². The predicted molar refractivity (Wildman–Crippen MR) is 109 cm³/mol. The molecule has 7 nitrogen and oxygen atoms in total. The number of benzene rings is 2. The first-order chi connectivity index (χ1) is 13.9. The Morgan fingerprint density at radius 3 is 2.34 bits per heavy atom. The third-order valence-electron chi connectivity index (χ3n) is 4.08. The predicted octanol–water partition coefficient (Wildman–Crippen LogP) is 3.80. The molecular weight excluding hydrogens is 396 g/mol. The third kappa shape index (κ3) is 4.41. The molecule has 0 radical (unpaired) electrons. The fourth-order valence-electron chi connectivity index (χ4n) is 2.82. The summed E-state index contributed by atoms with van der Waals surface area (Å²) in [6.45, 7) is 4.56. The van der Waals surface area contributed by atoms with Gasteiger partial charge in [0.15, 0.2) is 0 Å². The molecule has 0 unspecified atom stereocenters. The van der Waals surface area contributed by atoms with Crippen molar-refractivity contribution in [2.45, 2.75) is 13.8 Å². The number of rotatable bonds is 6. The maximum absolute atomic E-state index is 13.0. The van der Waals surface area contributed by atoms with Crippen LogP contribution >= 0.6 is 11.6 Å². The molecule has 4 amide bonds. The molecule has 1 fully saturated rings. The fraction of sp³-hybridized carbons (Fsp3) is 0.190. The highest BCUT2D eigenvalue weighted by atomic mass is 35.5. The molecule has 0 saturated carbocycles. The Kier molecular flexibility index (Phi) is 6.19. The van der Waals surface area contributed by atoms with Crippen molar-refractivity contribution >= 4 is 41.2 Å². The van der Waals surface area contributed by atoms with Crippen molar-refractivity contribution in [3.63, 3.8) is 0 Å². The van der Waals surface area contributed by atoms with E-state index < -0.39 is 17.8 Å². The molecule has 2 aromatic rings. The first kappa shape index (κ1) is 20.4. The Morgan fingerprint density at radius 2 is 1.69 bits per heavy atom. The van der Waals surface area contributed by atoms with Crippen LogP contribution in [0.3, 0.4) is 0 Å². The average molecular weight is 415 g/mol. The highest BCUT2D eigenvalue weighted by molar-refractivity contribution is 6.39. The van der Waals surface area contributed by atoms with Crippen molar-refractivity contribution in [3.8, 4) is 11.5 Å². The summed E-state index contributed by atoms with van der Waals surface area (Å²) in [7, 11) is 0. The summed E-state index contributed by atoms with van der Waals surface area (Å²) in [5, 5.41) is 2.61. The van der Waals surface area contributed by atoms with Gasteiger partial charge in [-0.3, -0.25) is 14.9 Å². The zero-order chi connectivity index (χ0) is 21.0. The second-order valence-corrected chi connectivity index (χ2v) is 6.44. The summed E-state index contributed by atoms with van der Waals surface area (Å²) in [5.74, 6) is -0.460. The van der Waals surface area contributed by atoms with Gasteiger partial charge in [0.1, 0.15) is 17.1 Å². The minimum Gasteiger partial charge on any atom is -0.494 e. The monoisotopic (exact) mass is 414 g/mol. The van der Waals surface area contributed by atoms with Crippen LogP contribution in [0.15, 0.2) is 48.0 Å². The van der Waals surface area contributed by atoms with Crippen LogP contribution in [0, 0.1) is 0 Å². The lowest BCUT2D eigenvalue weighted by atomic mass is 10.1. The zero-order valence-electron chi connectivity index (χ0n) is 15.9. The van der Waals surface area contributed by atoms with E-state index in [1.165, 1.54) is 6.08 Å². The van der Waals surface area contributed by atoms with Crippen LogP contribution in [-0.2, 0) is 9.59 Å². The maximum atomic E-state index is 13.0. The summed E-state index contributed by atoms with van der Waals surface area (Å²) in [6.07, 6.45) is 1.36. The van der Waals surface area contributed by atoms with E-state index in [9.17, 15) is 14.4 Å². The van der Waals surface area contributed by atoms with E-state index in [-0.39, 0.29) is 5.57 Å². The fourth-order valence-corrected chi connectivity index (χ4v) is 3.01. The SMILES string of the molecule is CCOc1ccc(N2C(=O)NC(=O)/C(=C\c3cc(Cl)ccc3OCC)C2=O)cc1. The van der Waals surface area contributed by atoms with Crippen molar-refractivity contribution in [2.24, 2.45) is 0 Å². The Labute approximate surface area is 172 Å². The van der Waals surface area contributed by atoms with E-state index in [2.05, 4.69) is 5.32 Å². The summed E-state index contributed by atoms with van der Waals surface area (Å²) in [4.78, 5) is 38.5. The average Bonchev–Trinajstić information content (AvgIpc) is 2.68. The molecule has 0 atom stereocenters. The van der Waals surface area contributed by atoms with E-state index in [0.29, 0.717) is 41.0 Å². The van der Waals surface area contributed by atoms with Gasteiger partial charge in [0, 0.05) is 10.6 Å². The van der Waals surface area contributed by atoms with E-state index >= 15 is 0 Å². The van der Waals surface area contributed by atoms with Crippen LogP contribution in [-0.4, -0.2) is 31.1 Å². The lowest BCUT2D eigenvalue weighted by Crippen LogP contribution is -2.54. The van der Waals surface area contributed by atoms with E-state index in [1.54, 1.807) is 42.5 Å². The van der Waals surface area contributed by atoms with Gasteiger partial charge in [-0.05, 0) is 62.4 Å². The van der Waals surface area contributed by atoms with Gasteiger partial charge in [0.25, 0.3) is 11.8 Å². The summed E-state index contributed by atoms with van der Waals surface area (Å²) in [6, 6.07) is 10.5. The number of anilines is 1. The highest BCUT2D eigenvalue weighted by Crippen LogP contribution is 2.28. The number of barbiturate groups is 1. The number of carbonyl (C=O) groups excluding carboxylic acids is 3. The molecule has 1 N–H and O–H groups in total. The van der Waals surface area contributed by atoms with Gasteiger partial charge >= 0.3 is 6.03 Å². The van der Waals surface area contributed by atoms with Crippen molar-refractivity contribution in [2.75, 3.05) is 18.1 Å². The molecule has 29 heavy (non-hydrogen) atoms. The number of ether oxygens (including phenoxy) is 2. The van der Waals surface area contributed by atoms with Crippen molar-refractivity contribution in [1.82, 2.24) is 5.32 Å². The second-order valence-electron chi connectivity index (χ2n) is 6.00. The first-order valence-corrected chi connectivity index (χ1v) is 9.39. The molecule has 2 aromatic carbocycles. The maximum Gasteiger partial charge on any atom is 0.335 e. The van der Waals surface area contributed by atoms with Crippen LogP contribution in [0.1, 0.15) is 19.4 Å². The van der Waals surface area contributed by atoms with Crippen molar-refractivity contribution in [3.05, 3.63) is 58.6 Å². The second kappa shape index (κ2) is 8.79.